The highest BCUT2D eigenvalue weighted by Crippen LogP contribution is 2.17. The van der Waals surface area contributed by atoms with E-state index >= 15 is 0 Å². The van der Waals surface area contributed by atoms with Crippen molar-refractivity contribution in [1.82, 2.24) is 19.3 Å². The van der Waals surface area contributed by atoms with Crippen LogP contribution in [0.15, 0.2) is 24.5 Å². The highest BCUT2D eigenvalue weighted by molar-refractivity contribution is 7.90. The zero-order chi connectivity index (χ0) is 18.0. The van der Waals surface area contributed by atoms with E-state index in [0.29, 0.717) is 19.0 Å². The number of nitrogens with two attached hydrogens (primary N) is 1. The molecule has 0 aliphatic carbocycles. The monoisotopic (exact) mass is 367 g/mol. The number of aryl methyl sites for hydroxylation is 1. The predicted octanol–water partition coefficient (Wildman–Crippen LogP) is 0.380. The second-order valence-corrected chi connectivity index (χ2v) is 7.32. The molecule has 3 N–H and O–H groups in total. The number of pyridine rings is 1. The van der Waals surface area contributed by atoms with Gasteiger partial charge in [-0.2, -0.15) is 12.7 Å². The van der Waals surface area contributed by atoms with E-state index in [9.17, 15) is 12.8 Å². The quantitative estimate of drug-likeness (QED) is 0.802. The maximum Gasteiger partial charge on any atom is 0.302 e. The van der Waals surface area contributed by atoms with Crippen molar-refractivity contribution in [2.75, 3.05) is 41.5 Å². The summed E-state index contributed by atoms with van der Waals surface area (Å²) in [5, 5.41) is 0. The summed E-state index contributed by atoms with van der Waals surface area (Å²) in [5.74, 6) is 0.288. The van der Waals surface area contributed by atoms with Crippen molar-refractivity contribution in [2.45, 2.75) is 6.92 Å². The van der Waals surface area contributed by atoms with Gasteiger partial charge in [-0.1, -0.05) is 0 Å². The molecule has 11 heteroatoms. The summed E-state index contributed by atoms with van der Waals surface area (Å²) in [6, 6.07) is 3.26. The van der Waals surface area contributed by atoms with E-state index in [1.807, 2.05) is 0 Å². The molecule has 1 aliphatic heterocycles. The first-order valence-electron chi connectivity index (χ1n) is 7.58. The van der Waals surface area contributed by atoms with Crippen molar-refractivity contribution in [1.29, 1.82) is 0 Å². The smallest absolute Gasteiger partial charge is 0.302 e. The Morgan fingerprint density at radius 1 is 1.16 bits per heavy atom. The van der Waals surface area contributed by atoms with Crippen LogP contribution in [0.1, 0.15) is 5.56 Å². The molecule has 0 amide bonds. The van der Waals surface area contributed by atoms with Crippen LogP contribution in [0, 0.1) is 12.7 Å². The first kappa shape index (κ1) is 17.3. The number of halogens is 1. The molecule has 0 aromatic carbocycles. The Kier molecular flexibility index (Phi) is 4.68. The Morgan fingerprint density at radius 2 is 1.80 bits per heavy atom. The number of nitrogen functional groups attached to an aromatic ring is 1. The number of rotatable bonds is 4. The minimum Gasteiger partial charge on any atom is -0.384 e. The summed E-state index contributed by atoms with van der Waals surface area (Å²) < 4.78 is 41.6. The number of piperazine rings is 1. The van der Waals surface area contributed by atoms with Gasteiger partial charge in [0.25, 0.3) is 0 Å². The van der Waals surface area contributed by atoms with Gasteiger partial charge in [0.1, 0.15) is 11.6 Å². The van der Waals surface area contributed by atoms with Crippen LogP contribution in [-0.2, 0) is 10.2 Å². The van der Waals surface area contributed by atoms with Gasteiger partial charge >= 0.3 is 10.2 Å². The second kappa shape index (κ2) is 6.76. The highest BCUT2D eigenvalue weighted by atomic mass is 32.2. The first-order chi connectivity index (χ1) is 11.8. The fourth-order valence-electron chi connectivity index (χ4n) is 2.54. The van der Waals surface area contributed by atoms with Gasteiger partial charge in [0.15, 0.2) is 5.82 Å². The summed E-state index contributed by atoms with van der Waals surface area (Å²) in [6.45, 7) is 3.10. The standard InChI is InChI=1S/C14H18FN7O2S/c1-10-6-12(16)19-13(7-10)20-25(23,24)22-4-2-21(3-5-22)14-17-8-11(15)9-18-14/h6-9H,2-5H2,1H3,(H3,16,19,20). The molecule has 0 saturated carbocycles. The molecule has 134 valence electrons. The average Bonchev–Trinajstić information content (AvgIpc) is 2.54. The molecule has 1 fully saturated rings. The largest absolute Gasteiger partial charge is 0.384 e. The van der Waals surface area contributed by atoms with Crippen LogP contribution in [0.5, 0.6) is 0 Å². The van der Waals surface area contributed by atoms with Gasteiger partial charge in [0, 0.05) is 26.2 Å². The molecule has 0 spiro atoms. The van der Waals surface area contributed by atoms with Crippen LogP contribution < -0.4 is 15.4 Å². The average molecular weight is 367 g/mol. The van der Waals surface area contributed by atoms with Crippen molar-refractivity contribution in [2.24, 2.45) is 0 Å². The molecule has 1 aliphatic rings. The van der Waals surface area contributed by atoms with Crippen molar-refractivity contribution in [3.05, 3.63) is 35.9 Å². The zero-order valence-electron chi connectivity index (χ0n) is 13.6. The maximum absolute atomic E-state index is 12.9. The van der Waals surface area contributed by atoms with Gasteiger partial charge in [-0.15, -0.1) is 0 Å². The lowest BCUT2D eigenvalue weighted by atomic mass is 10.3. The number of aromatic nitrogens is 3. The Morgan fingerprint density at radius 3 is 2.40 bits per heavy atom. The molecule has 2 aromatic heterocycles. The van der Waals surface area contributed by atoms with Crippen LogP contribution in [-0.4, -0.2) is 53.9 Å². The number of hydrogen-bond donors (Lipinski definition) is 2. The van der Waals surface area contributed by atoms with E-state index in [4.69, 9.17) is 5.73 Å². The van der Waals surface area contributed by atoms with Crippen molar-refractivity contribution in [3.63, 3.8) is 0 Å². The van der Waals surface area contributed by atoms with Gasteiger partial charge in [0.05, 0.1) is 12.4 Å². The van der Waals surface area contributed by atoms with E-state index in [0.717, 1.165) is 18.0 Å². The number of hydrogen-bond acceptors (Lipinski definition) is 7. The molecule has 1 saturated heterocycles. The lowest BCUT2D eigenvalue weighted by Crippen LogP contribution is -2.50. The summed E-state index contributed by atoms with van der Waals surface area (Å²) in [5.41, 5.74) is 6.45. The molecule has 25 heavy (non-hydrogen) atoms. The molecule has 0 atom stereocenters. The predicted molar refractivity (Wildman–Crippen MR) is 91.7 cm³/mol. The van der Waals surface area contributed by atoms with Crippen molar-refractivity contribution in [3.8, 4) is 0 Å². The molecule has 0 radical (unpaired) electrons. The number of anilines is 3. The maximum atomic E-state index is 12.9. The normalized spacial score (nSPS) is 16.0. The van der Waals surface area contributed by atoms with E-state index in [-0.39, 0.29) is 24.7 Å². The van der Waals surface area contributed by atoms with Crippen LogP contribution >= 0.6 is 0 Å². The Bertz CT molecular complexity index is 832. The SMILES string of the molecule is Cc1cc(N)nc(NS(=O)(=O)N2CCN(c3ncc(F)cn3)CC2)c1. The number of nitrogens with zero attached hydrogens (tertiary/aromatic N) is 5. The van der Waals surface area contributed by atoms with Gasteiger partial charge < -0.3 is 10.6 Å². The third-order valence-electron chi connectivity index (χ3n) is 3.69. The molecule has 0 unspecified atom stereocenters. The molecule has 2 aromatic rings. The van der Waals surface area contributed by atoms with E-state index in [1.165, 1.54) is 4.31 Å². The summed E-state index contributed by atoms with van der Waals surface area (Å²) in [4.78, 5) is 13.6. The van der Waals surface area contributed by atoms with E-state index in [1.54, 1.807) is 24.0 Å². The van der Waals surface area contributed by atoms with Crippen LogP contribution in [0.2, 0.25) is 0 Å². The minimum absolute atomic E-state index is 0.182. The minimum atomic E-state index is -3.74. The molecular formula is C14H18FN7O2S. The van der Waals surface area contributed by atoms with E-state index in [2.05, 4.69) is 19.7 Å². The Hall–Kier alpha value is -2.53. The van der Waals surface area contributed by atoms with Gasteiger partial charge in [0.2, 0.25) is 5.95 Å². The van der Waals surface area contributed by atoms with Crippen molar-refractivity contribution < 1.29 is 12.8 Å². The topological polar surface area (TPSA) is 117 Å². The second-order valence-electron chi connectivity index (χ2n) is 5.65. The lowest BCUT2D eigenvalue weighted by Gasteiger charge is -2.33. The first-order valence-corrected chi connectivity index (χ1v) is 9.02. The highest BCUT2D eigenvalue weighted by Gasteiger charge is 2.28. The summed E-state index contributed by atoms with van der Waals surface area (Å²) in [6.07, 6.45) is 2.17. The molecule has 0 bridgehead atoms. The van der Waals surface area contributed by atoms with Crippen LogP contribution in [0.25, 0.3) is 0 Å². The van der Waals surface area contributed by atoms with Gasteiger partial charge in [-0.3, -0.25) is 4.72 Å². The van der Waals surface area contributed by atoms with E-state index < -0.39 is 16.0 Å². The Balaban J connectivity index is 1.65. The van der Waals surface area contributed by atoms with Crippen molar-refractivity contribution >= 4 is 27.8 Å². The molecule has 3 rings (SSSR count). The van der Waals surface area contributed by atoms with Gasteiger partial charge in [-0.25, -0.2) is 19.3 Å². The summed E-state index contributed by atoms with van der Waals surface area (Å²) in [7, 11) is -3.74. The molecular weight excluding hydrogens is 349 g/mol. The molecule has 3 heterocycles. The third-order valence-corrected chi connectivity index (χ3v) is 5.20. The van der Waals surface area contributed by atoms with Crippen LogP contribution in [0.3, 0.4) is 0 Å². The lowest BCUT2D eigenvalue weighted by molar-refractivity contribution is 0.385. The fourth-order valence-corrected chi connectivity index (χ4v) is 3.68. The number of nitrogens with one attached hydrogen (secondary N) is 1. The zero-order valence-corrected chi connectivity index (χ0v) is 14.4. The summed E-state index contributed by atoms with van der Waals surface area (Å²) >= 11 is 0. The molecule has 9 nitrogen and oxygen atoms in total. The fraction of sp³-hybridized carbons (Fsp3) is 0.357. The van der Waals surface area contributed by atoms with Gasteiger partial charge in [-0.05, 0) is 24.6 Å². The third kappa shape index (κ3) is 4.12. The Labute approximate surface area is 144 Å². The van der Waals surface area contributed by atoms with Crippen LogP contribution in [0.4, 0.5) is 22.0 Å².